The van der Waals surface area contributed by atoms with Crippen LogP contribution in [0.25, 0.3) is 11.4 Å². The largest absolute Gasteiger partial charge is 0.322 e. The van der Waals surface area contributed by atoms with Gasteiger partial charge in [0, 0.05) is 5.56 Å². The molecule has 0 bridgehead atoms. The van der Waals surface area contributed by atoms with E-state index in [1.807, 2.05) is 0 Å². The Kier molecular flexibility index (Phi) is 4.19. The first-order valence-electron chi connectivity index (χ1n) is 8.36. The van der Waals surface area contributed by atoms with Crippen LogP contribution in [0, 0.1) is 12.7 Å². The number of carbonyl (C=O) groups excluding carboxylic acids is 3. The SMILES string of the molecule is Cc1ccc2c(c1)C(=O)N(CC(=O)Nc1cc(-c3ncn[nH]3)ccc1F)C2=O. The monoisotopic (exact) mass is 379 g/mol. The van der Waals surface area contributed by atoms with Crippen LogP contribution in [0.15, 0.2) is 42.7 Å². The Balaban J connectivity index is 1.52. The van der Waals surface area contributed by atoms with E-state index < -0.39 is 30.1 Å². The molecule has 0 saturated heterocycles. The number of H-pyrrole nitrogens is 1. The second-order valence-electron chi connectivity index (χ2n) is 6.32. The van der Waals surface area contributed by atoms with Gasteiger partial charge < -0.3 is 5.32 Å². The predicted molar refractivity (Wildman–Crippen MR) is 97.0 cm³/mol. The lowest BCUT2D eigenvalue weighted by molar-refractivity contribution is -0.116. The van der Waals surface area contributed by atoms with Crippen molar-refractivity contribution in [3.63, 3.8) is 0 Å². The Hall–Kier alpha value is -3.88. The molecule has 0 spiro atoms. The molecule has 4 rings (SSSR count). The Labute approximate surface area is 158 Å². The molecule has 3 amide bonds. The van der Waals surface area contributed by atoms with Gasteiger partial charge in [-0.3, -0.25) is 24.4 Å². The van der Waals surface area contributed by atoms with Crippen LogP contribution in [-0.2, 0) is 4.79 Å². The third kappa shape index (κ3) is 3.02. The first-order chi connectivity index (χ1) is 13.4. The number of hydrogen-bond donors (Lipinski definition) is 2. The van der Waals surface area contributed by atoms with Gasteiger partial charge in [-0.05, 0) is 37.3 Å². The smallest absolute Gasteiger partial charge is 0.262 e. The van der Waals surface area contributed by atoms with E-state index >= 15 is 0 Å². The molecule has 0 saturated carbocycles. The first-order valence-corrected chi connectivity index (χ1v) is 8.36. The second kappa shape index (κ2) is 6.69. The molecule has 0 fully saturated rings. The van der Waals surface area contributed by atoms with Gasteiger partial charge in [0.05, 0.1) is 16.8 Å². The number of fused-ring (bicyclic) bond motifs is 1. The van der Waals surface area contributed by atoms with Gasteiger partial charge in [-0.15, -0.1) is 0 Å². The molecule has 1 aliphatic rings. The molecule has 28 heavy (non-hydrogen) atoms. The van der Waals surface area contributed by atoms with E-state index in [-0.39, 0.29) is 16.8 Å². The summed E-state index contributed by atoms with van der Waals surface area (Å²) in [5.41, 5.74) is 1.77. The fraction of sp³-hybridized carbons (Fsp3) is 0.105. The number of aromatic nitrogens is 3. The quantitative estimate of drug-likeness (QED) is 0.676. The van der Waals surface area contributed by atoms with Crippen molar-refractivity contribution in [2.45, 2.75) is 6.92 Å². The lowest BCUT2D eigenvalue weighted by atomic mass is 10.1. The lowest BCUT2D eigenvalue weighted by Gasteiger charge is -2.14. The highest BCUT2D eigenvalue weighted by Gasteiger charge is 2.36. The highest BCUT2D eigenvalue weighted by atomic mass is 19.1. The molecule has 2 N–H and O–H groups in total. The summed E-state index contributed by atoms with van der Waals surface area (Å²) in [6.45, 7) is 1.29. The number of nitrogens with zero attached hydrogens (tertiary/aromatic N) is 3. The number of anilines is 1. The van der Waals surface area contributed by atoms with E-state index in [4.69, 9.17) is 0 Å². The first kappa shape index (κ1) is 17.5. The maximum absolute atomic E-state index is 14.1. The number of benzene rings is 2. The van der Waals surface area contributed by atoms with Crippen LogP contribution in [0.4, 0.5) is 10.1 Å². The van der Waals surface area contributed by atoms with Crippen molar-refractivity contribution < 1.29 is 18.8 Å². The van der Waals surface area contributed by atoms with Gasteiger partial charge in [0.2, 0.25) is 5.91 Å². The Morgan fingerprint density at radius 2 is 1.93 bits per heavy atom. The average Bonchev–Trinajstić information content (AvgIpc) is 3.28. The van der Waals surface area contributed by atoms with Crippen molar-refractivity contribution in [2.75, 3.05) is 11.9 Å². The molecule has 3 aromatic rings. The number of carbonyl (C=O) groups is 3. The van der Waals surface area contributed by atoms with E-state index in [1.54, 1.807) is 25.1 Å². The minimum absolute atomic E-state index is 0.0913. The number of imide groups is 1. The molecule has 0 radical (unpaired) electrons. The number of aryl methyl sites for hydroxylation is 1. The van der Waals surface area contributed by atoms with Crippen LogP contribution in [-0.4, -0.2) is 44.3 Å². The molecule has 0 aliphatic carbocycles. The minimum atomic E-state index is -0.695. The fourth-order valence-corrected chi connectivity index (χ4v) is 2.99. The molecule has 140 valence electrons. The minimum Gasteiger partial charge on any atom is -0.322 e. The standard InChI is InChI=1S/C19H14FN5O3/c1-10-2-4-12-13(6-10)19(28)25(18(12)27)8-16(26)23-15-7-11(3-5-14(15)20)17-21-9-22-24-17/h2-7,9H,8H2,1H3,(H,23,26)(H,21,22,24). The van der Waals surface area contributed by atoms with Crippen LogP contribution in [0.1, 0.15) is 26.3 Å². The molecule has 1 aromatic heterocycles. The summed E-state index contributed by atoms with van der Waals surface area (Å²) in [5, 5.41) is 8.76. The fourth-order valence-electron chi connectivity index (χ4n) is 2.99. The Morgan fingerprint density at radius 1 is 1.14 bits per heavy atom. The maximum Gasteiger partial charge on any atom is 0.262 e. The zero-order valence-electron chi connectivity index (χ0n) is 14.7. The molecule has 2 aromatic carbocycles. The van der Waals surface area contributed by atoms with Gasteiger partial charge in [0.25, 0.3) is 11.8 Å². The lowest BCUT2D eigenvalue weighted by Crippen LogP contribution is -2.37. The van der Waals surface area contributed by atoms with Crippen molar-refractivity contribution in [1.82, 2.24) is 20.1 Å². The highest BCUT2D eigenvalue weighted by Crippen LogP contribution is 2.25. The number of nitrogens with one attached hydrogen (secondary N) is 2. The van der Waals surface area contributed by atoms with E-state index in [0.717, 1.165) is 10.5 Å². The maximum atomic E-state index is 14.1. The van der Waals surface area contributed by atoms with Crippen molar-refractivity contribution >= 4 is 23.4 Å². The second-order valence-corrected chi connectivity index (χ2v) is 6.32. The zero-order chi connectivity index (χ0) is 19.8. The van der Waals surface area contributed by atoms with Crippen LogP contribution in [0.3, 0.4) is 0 Å². The van der Waals surface area contributed by atoms with E-state index in [0.29, 0.717) is 11.4 Å². The van der Waals surface area contributed by atoms with E-state index in [9.17, 15) is 18.8 Å². The van der Waals surface area contributed by atoms with Gasteiger partial charge in [-0.2, -0.15) is 5.10 Å². The van der Waals surface area contributed by atoms with Crippen molar-refractivity contribution in [1.29, 1.82) is 0 Å². The molecule has 2 heterocycles. The van der Waals surface area contributed by atoms with Crippen LogP contribution < -0.4 is 5.32 Å². The summed E-state index contributed by atoms with van der Waals surface area (Å²) in [7, 11) is 0. The predicted octanol–water partition coefficient (Wildman–Crippen LogP) is 2.15. The summed E-state index contributed by atoms with van der Waals surface area (Å²) in [5.74, 6) is -2.04. The molecule has 1 aliphatic heterocycles. The number of hydrogen-bond acceptors (Lipinski definition) is 5. The van der Waals surface area contributed by atoms with Gasteiger partial charge in [-0.1, -0.05) is 11.6 Å². The van der Waals surface area contributed by atoms with Gasteiger partial charge in [-0.25, -0.2) is 9.37 Å². The average molecular weight is 379 g/mol. The third-order valence-corrected chi connectivity index (χ3v) is 4.36. The number of halogens is 1. The normalized spacial score (nSPS) is 13.0. The summed E-state index contributed by atoms with van der Waals surface area (Å²) in [4.78, 5) is 42.1. The highest BCUT2D eigenvalue weighted by molar-refractivity contribution is 6.22. The van der Waals surface area contributed by atoms with Crippen LogP contribution in [0.5, 0.6) is 0 Å². The van der Waals surface area contributed by atoms with Gasteiger partial charge in [0.15, 0.2) is 5.82 Å². The van der Waals surface area contributed by atoms with Gasteiger partial charge >= 0.3 is 0 Å². The van der Waals surface area contributed by atoms with Crippen LogP contribution in [0.2, 0.25) is 0 Å². The van der Waals surface area contributed by atoms with Crippen molar-refractivity contribution in [3.8, 4) is 11.4 Å². The zero-order valence-corrected chi connectivity index (χ0v) is 14.7. The van der Waals surface area contributed by atoms with E-state index in [2.05, 4.69) is 20.5 Å². The third-order valence-electron chi connectivity index (χ3n) is 4.36. The van der Waals surface area contributed by atoms with Crippen molar-refractivity contribution in [3.05, 3.63) is 65.2 Å². The molecule has 9 heteroatoms. The number of rotatable bonds is 4. The molecular formula is C19H14FN5O3. The number of amides is 3. The van der Waals surface area contributed by atoms with E-state index in [1.165, 1.54) is 24.5 Å². The molecular weight excluding hydrogens is 365 g/mol. The summed E-state index contributed by atoms with van der Waals surface area (Å²) in [6.07, 6.45) is 1.31. The summed E-state index contributed by atoms with van der Waals surface area (Å²) >= 11 is 0. The molecule has 8 nitrogen and oxygen atoms in total. The summed E-state index contributed by atoms with van der Waals surface area (Å²) < 4.78 is 14.1. The Morgan fingerprint density at radius 3 is 2.68 bits per heavy atom. The Bertz CT molecular complexity index is 1110. The van der Waals surface area contributed by atoms with Gasteiger partial charge in [0.1, 0.15) is 18.7 Å². The topological polar surface area (TPSA) is 108 Å². The summed E-state index contributed by atoms with van der Waals surface area (Å²) in [6, 6.07) is 8.94. The molecule has 0 unspecified atom stereocenters. The number of aromatic amines is 1. The van der Waals surface area contributed by atoms with Crippen LogP contribution >= 0.6 is 0 Å². The molecule has 0 atom stereocenters. The van der Waals surface area contributed by atoms with Crippen molar-refractivity contribution in [2.24, 2.45) is 0 Å².